The SMILES string of the molecule is CCc1nc(Cl)cc(NCCCCCOC)n1. The summed E-state index contributed by atoms with van der Waals surface area (Å²) in [4.78, 5) is 8.47. The molecule has 0 aliphatic rings. The molecule has 1 rings (SSSR count). The number of halogens is 1. The molecule has 1 aromatic heterocycles. The highest BCUT2D eigenvalue weighted by Gasteiger charge is 2.00. The minimum Gasteiger partial charge on any atom is -0.385 e. The molecule has 0 unspecified atom stereocenters. The molecular weight excluding hydrogens is 238 g/mol. The lowest BCUT2D eigenvalue weighted by Gasteiger charge is -2.07. The van der Waals surface area contributed by atoms with Gasteiger partial charge in [0.25, 0.3) is 0 Å². The standard InChI is InChI=1S/C12H20ClN3O/c1-3-11-15-10(13)9-12(16-11)14-7-5-4-6-8-17-2/h9H,3-8H2,1-2H3,(H,14,15,16). The molecule has 0 aliphatic heterocycles. The third-order valence-corrected chi connectivity index (χ3v) is 2.58. The third kappa shape index (κ3) is 5.84. The largest absolute Gasteiger partial charge is 0.385 e. The number of rotatable bonds is 8. The van der Waals surface area contributed by atoms with Gasteiger partial charge in [0.15, 0.2) is 0 Å². The van der Waals surface area contributed by atoms with Crippen LogP contribution in [0.2, 0.25) is 5.15 Å². The van der Waals surface area contributed by atoms with Crippen molar-refractivity contribution in [2.24, 2.45) is 0 Å². The summed E-state index contributed by atoms with van der Waals surface area (Å²) in [7, 11) is 1.73. The molecule has 0 aromatic carbocycles. The minimum absolute atomic E-state index is 0.499. The molecule has 1 N–H and O–H groups in total. The van der Waals surface area contributed by atoms with E-state index < -0.39 is 0 Å². The molecule has 17 heavy (non-hydrogen) atoms. The Labute approximate surface area is 108 Å². The van der Waals surface area contributed by atoms with Crippen LogP contribution in [0, 0.1) is 0 Å². The van der Waals surface area contributed by atoms with Gasteiger partial charge in [0, 0.05) is 32.7 Å². The Balaban J connectivity index is 2.28. The summed E-state index contributed by atoms with van der Waals surface area (Å²) in [5, 5.41) is 3.76. The Morgan fingerprint density at radius 3 is 2.82 bits per heavy atom. The van der Waals surface area contributed by atoms with Gasteiger partial charge < -0.3 is 10.1 Å². The summed E-state index contributed by atoms with van der Waals surface area (Å²) in [5.41, 5.74) is 0. The van der Waals surface area contributed by atoms with Gasteiger partial charge in [-0.15, -0.1) is 0 Å². The highest BCUT2D eigenvalue weighted by atomic mass is 35.5. The van der Waals surface area contributed by atoms with Crippen LogP contribution in [-0.4, -0.2) is 30.2 Å². The van der Waals surface area contributed by atoms with Gasteiger partial charge >= 0.3 is 0 Å². The summed E-state index contributed by atoms with van der Waals surface area (Å²) < 4.78 is 4.99. The van der Waals surface area contributed by atoms with Gasteiger partial charge in [0.1, 0.15) is 16.8 Å². The highest BCUT2D eigenvalue weighted by molar-refractivity contribution is 6.29. The Morgan fingerprint density at radius 1 is 1.29 bits per heavy atom. The first-order valence-corrected chi connectivity index (χ1v) is 6.40. The van der Waals surface area contributed by atoms with Gasteiger partial charge in [-0.2, -0.15) is 0 Å². The topological polar surface area (TPSA) is 47.0 Å². The van der Waals surface area contributed by atoms with E-state index in [2.05, 4.69) is 15.3 Å². The van der Waals surface area contributed by atoms with E-state index in [1.807, 2.05) is 6.92 Å². The van der Waals surface area contributed by atoms with Crippen molar-refractivity contribution < 1.29 is 4.74 Å². The highest BCUT2D eigenvalue weighted by Crippen LogP contribution is 2.12. The number of ether oxygens (including phenoxy) is 1. The number of unbranched alkanes of at least 4 members (excludes halogenated alkanes) is 2. The second-order valence-corrected chi connectivity index (χ2v) is 4.21. The second-order valence-electron chi connectivity index (χ2n) is 3.83. The van der Waals surface area contributed by atoms with Gasteiger partial charge in [0.05, 0.1) is 0 Å². The summed E-state index contributed by atoms with van der Waals surface area (Å²) in [5.74, 6) is 1.59. The molecule has 0 fully saturated rings. The fourth-order valence-electron chi connectivity index (χ4n) is 1.48. The zero-order valence-electron chi connectivity index (χ0n) is 10.5. The van der Waals surface area contributed by atoms with Crippen LogP contribution in [-0.2, 0) is 11.2 Å². The van der Waals surface area contributed by atoms with E-state index in [1.165, 1.54) is 0 Å². The first-order valence-electron chi connectivity index (χ1n) is 6.02. The summed E-state index contributed by atoms with van der Waals surface area (Å²) >= 11 is 5.90. The van der Waals surface area contributed by atoms with E-state index >= 15 is 0 Å². The molecule has 1 heterocycles. The van der Waals surface area contributed by atoms with Crippen LogP contribution in [0.15, 0.2) is 6.07 Å². The monoisotopic (exact) mass is 257 g/mol. The van der Waals surface area contributed by atoms with E-state index in [-0.39, 0.29) is 0 Å². The lowest BCUT2D eigenvalue weighted by Crippen LogP contribution is -2.06. The van der Waals surface area contributed by atoms with E-state index in [9.17, 15) is 0 Å². The average molecular weight is 258 g/mol. The molecule has 1 aromatic rings. The number of hydrogen-bond donors (Lipinski definition) is 1. The fraction of sp³-hybridized carbons (Fsp3) is 0.667. The third-order valence-electron chi connectivity index (χ3n) is 2.39. The van der Waals surface area contributed by atoms with Gasteiger partial charge in [-0.1, -0.05) is 18.5 Å². The average Bonchev–Trinajstić information content (AvgIpc) is 2.33. The number of aromatic nitrogens is 2. The zero-order chi connectivity index (χ0) is 12.5. The fourth-order valence-corrected chi connectivity index (χ4v) is 1.68. The van der Waals surface area contributed by atoms with Crippen LogP contribution in [0.4, 0.5) is 5.82 Å². The quantitative estimate of drug-likeness (QED) is 0.575. The number of anilines is 1. The van der Waals surface area contributed by atoms with Crippen molar-refractivity contribution in [1.29, 1.82) is 0 Å². The van der Waals surface area contributed by atoms with E-state index in [0.29, 0.717) is 5.15 Å². The Morgan fingerprint density at radius 2 is 2.12 bits per heavy atom. The van der Waals surface area contributed by atoms with E-state index in [1.54, 1.807) is 13.2 Å². The molecule has 0 amide bonds. The van der Waals surface area contributed by atoms with Crippen molar-refractivity contribution >= 4 is 17.4 Å². The zero-order valence-corrected chi connectivity index (χ0v) is 11.3. The first kappa shape index (κ1) is 14.2. The molecule has 0 aliphatic carbocycles. The van der Waals surface area contributed by atoms with Crippen LogP contribution in [0.1, 0.15) is 32.0 Å². The molecule has 0 saturated heterocycles. The maximum Gasteiger partial charge on any atom is 0.134 e. The predicted molar refractivity (Wildman–Crippen MR) is 70.6 cm³/mol. The van der Waals surface area contributed by atoms with Crippen LogP contribution in [0.5, 0.6) is 0 Å². The maximum absolute atomic E-state index is 5.90. The smallest absolute Gasteiger partial charge is 0.134 e. The molecular formula is C12H20ClN3O. The maximum atomic E-state index is 5.90. The molecule has 96 valence electrons. The number of hydrogen-bond acceptors (Lipinski definition) is 4. The van der Waals surface area contributed by atoms with Gasteiger partial charge in [-0.3, -0.25) is 0 Å². The van der Waals surface area contributed by atoms with Crippen LogP contribution in [0.3, 0.4) is 0 Å². The summed E-state index contributed by atoms with van der Waals surface area (Å²) in [6.07, 6.45) is 4.15. The Kier molecular flexibility index (Phi) is 6.89. The van der Waals surface area contributed by atoms with Crippen molar-refractivity contribution in [2.45, 2.75) is 32.6 Å². The van der Waals surface area contributed by atoms with Crippen molar-refractivity contribution in [2.75, 3.05) is 25.6 Å². The van der Waals surface area contributed by atoms with Gasteiger partial charge in [0.2, 0.25) is 0 Å². The molecule has 0 atom stereocenters. The van der Waals surface area contributed by atoms with Crippen molar-refractivity contribution in [1.82, 2.24) is 9.97 Å². The molecule has 0 radical (unpaired) electrons. The normalized spacial score (nSPS) is 10.5. The van der Waals surface area contributed by atoms with Crippen LogP contribution in [0.25, 0.3) is 0 Å². The predicted octanol–water partition coefficient (Wildman–Crippen LogP) is 2.92. The first-order chi connectivity index (χ1) is 8.26. The molecule has 5 heteroatoms. The van der Waals surface area contributed by atoms with Gasteiger partial charge in [-0.05, 0) is 19.3 Å². The lowest BCUT2D eigenvalue weighted by atomic mass is 10.2. The van der Waals surface area contributed by atoms with Crippen molar-refractivity contribution in [3.05, 3.63) is 17.0 Å². The van der Waals surface area contributed by atoms with E-state index in [0.717, 1.165) is 50.5 Å². The van der Waals surface area contributed by atoms with Crippen molar-refractivity contribution in [3.8, 4) is 0 Å². The molecule has 0 saturated carbocycles. The lowest BCUT2D eigenvalue weighted by molar-refractivity contribution is 0.192. The van der Waals surface area contributed by atoms with Crippen LogP contribution >= 0.6 is 11.6 Å². The van der Waals surface area contributed by atoms with Gasteiger partial charge in [-0.25, -0.2) is 9.97 Å². The number of aryl methyl sites for hydroxylation is 1. The number of nitrogens with one attached hydrogen (secondary N) is 1. The number of nitrogens with zero attached hydrogens (tertiary/aromatic N) is 2. The summed E-state index contributed by atoms with van der Waals surface area (Å²) in [6.45, 7) is 3.75. The molecule has 4 nitrogen and oxygen atoms in total. The Hall–Kier alpha value is -0.870. The number of methoxy groups -OCH3 is 1. The van der Waals surface area contributed by atoms with Crippen LogP contribution < -0.4 is 5.32 Å². The Bertz CT molecular complexity index is 334. The minimum atomic E-state index is 0.499. The molecule has 0 bridgehead atoms. The molecule has 0 spiro atoms. The second kappa shape index (κ2) is 8.25. The summed E-state index contributed by atoms with van der Waals surface area (Å²) in [6, 6.07) is 1.76. The van der Waals surface area contributed by atoms with Crippen molar-refractivity contribution in [3.63, 3.8) is 0 Å². The van der Waals surface area contributed by atoms with E-state index in [4.69, 9.17) is 16.3 Å².